The van der Waals surface area contributed by atoms with Crippen LogP contribution in [0.5, 0.6) is 0 Å². The molecule has 2 aliphatic heterocycles. The summed E-state index contributed by atoms with van der Waals surface area (Å²) in [6.07, 6.45) is 4.25. The number of hydrogen-bond donors (Lipinski definition) is 1. The van der Waals surface area contributed by atoms with Crippen molar-refractivity contribution < 1.29 is 9.59 Å². The molecule has 4 nitrogen and oxygen atoms in total. The van der Waals surface area contributed by atoms with Crippen LogP contribution in [-0.2, 0) is 9.59 Å². The lowest BCUT2D eigenvalue weighted by atomic mass is 9.87. The molecule has 2 aliphatic rings. The lowest BCUT2D eigenvalue weighted by molar-refractivity contribution is -0.135. The Bertz CT molecular complexity index is 543. The van der Waals surface area contributed by atoms with Gasteiger partial charge in [0, 0.05) is 24.9 Å². The Morgan fingerprint density at radius 3 is 2.73 bits per heavy atom. The second kappa shape index (κ2) is 6.51. The van der Waals surface area contributed by atoms with Crippen molar-refractivity contribution in [1.82, 2.24) is 10.2 Å². The highest BCUT2D eigenvalue weighted by atomic mass is 16.2. The lowest BCUT2D eigenvalue weighted by Gasteiger charge is -2.33. The molecule has 22 heavy (non-hydrogen) atoms. The van der Waals surface area contributed by atoms with E-state index >= 15 is 0 Å². The fraction of sp³-hybridized carbons (Fsp3) is 0.556. The Morgan fingerprint density at radius 1 is 1.32 bits per heavy atom. The summed E-state index contributed by atoms with van der Waals surface area (Å²) >= 11 is 0. The summed E-state index contributed by atoms with van der Waals surface area (Å²) in [5, 5.41) is 2.82. The van der Waals surface area contributed by atoms with E-state index in [0.29, 0.717) is 18.8 Å². The molecule has 3 atom stereocenters. The van der Waals surface area contributed by atoms with E-state index in [1.54, 1.807) is 0 Å². The first-order chi connectivity index (χ1) is 10.7. The van der Waals surface area contributed by atoms with E-state index in [-0.39, 0.29) is 23.9 Å². The van der Waals surface area contributed by atoms with Gasteiger partial charge in [-0.25, -0.2) is 0 Å². The zero-order chi connectivity index (χ0) is 15.5. The molecule has 4 heteroatoms. The predicted molar refractivity (Wildman–Crippen MR) is 85.4 cm³/mol. The molecule has 0 aliphatic carbocycles. The summed E-state index contributed by atoms with van der Waals surface area (Å²) in [7, 11) is 0. The fourth-order valence-electron chi connectivity index (χ4n) is 3.91. The van der Waals surface area contributed by atoms with Crippen LogP contribution in [0.25, 0.3) is 0 Å². The normalized spacial score (nSPS) is 26.0. The van der Waals surface area contributed by atoms with E-state index in [1.807, 2.05) is 11.0 Å². The summed E-state index contributed by atoms with van der Waals surface area (Å²) in [6.45, 7) is 3.01. The van der Waals surface area contributed by atoms with Crippen LogP contribution < -0.4 is 5.32 Å². The number of likely N-dealkylation sites (tertiary alicyclic amines) is 1. The van der Waals surface area contributed by atoms with Crippen molar-refractivity contribution in [2.75, 3.05) is 6.54 Å². The van der Waals surface area contributed by atoms with Crippen LogP contribution in [0, 0.1) is 0 Å². The van der Waals surface area contributed by atoms with Gasteiger partial charge in [-0.1, -0.05) is 37.3 Å². The SMILES string of the molecule is CC[C@H](c1ccccc1)[C@H]1CCCN1C(=O)[C@@H]1CCC(=O)N1. The Balaban J connectivity index is 1.77. The average molecular weight is 300 g/mol. The van der Waals surface area contributed by atoms with Gasteiger partial charge in [0.15, 0.2) is 0 Å². The molecule has 0 radical (unpaired) electrons. The summed E-state index contributed by atoms with van der Waals surface area (Å²) in [5.41, 5.74) is 1.31. The van der Waals surface area contributed by atoms with E-state index in [2.05, 4.69) is 36.5 Å². The number of carbonyl (C=O) groups is 2. The highest BCUT2D eigenvalue weighted by Gasteiger charge is 2.39. The molecule has 2 fully saturated rings. The van der Waals surface area contributed by atoms with E-state index in [9.17, 15) is 9.59 Å². The van der Waals surface area contributed by atoms with Crippen molar-refractivity contribution in [1.29, 1.82) is 0 Å². The number of nitrogens with zero attached hydrogens (tertiary/aromatic N) is 1. The molecule has 0 spiro atoms. The number of carbonyl (C=O) groups excluding carboxylic acids is 2. The third-order valence-corrected chi connectivity index (χ3v) is 5.01. The summed E-state index contributed by atoms with van der Waals surface area (Å²) < 4.78 is 0. The zero-order valence-electron chi connectivity index (χ0n) is 13.1. The van der Waals surface area contributed by atoms with Gasteiger partial charge in [-0.2, -0.15) is 0 Å². The quantitative estimate of drug-likeness (QED) is 0.928. The van der Waals surface area contributed by atoms with Crippen molar-refractivity contribution in [2.45, 2.75) is 57.0 Å². The maximum Gasteiger partial charge on any atom is 0.245 e. The number of amides is 2. The van der Waals surface area contributed by atoms with Crippen LogP contribution in [0.15, 0.2) is 30.3 Å². The van der Waals surface area contributed by atoms with E-state index in [0.717, 1.165) is 25.8 Å². The van der Waals surface area contributed by atoms with E-state index in [1.165, 1.54) is 5.56 Å². The van der Waals surface area contributed by atoms with Crippen LogP contribution in [0.4, 0.5) is 0 Å². The Kier molecular flexibility index (Phi) is 4.46. The number of nitrogens with one attached hydrogen (secondary N) is 1. The average Bonchev–Trinajstić information content (AvgIpc) is 3.18. The van der Waals surface area contributed by atoms with Crippen LogP contribution in [-0.4, -0.2) is 35.3 Å². The Morgan fingerprint density at radius 2 is 2.09 bits per heavy atom. The Hall–Kier alpha value is -1.84. The van der Waals surface area contributed by atoms with Gasteiger partial charge in [0.2, 0.25) is 11.8 Å². The number of benzene rings is 1. The predicted octanol–water partition coefficient (Wildman–Crippen LogP) is 2.45. The maximum absolute atomic E-state index is 12.8. The largest absolute Gasteiger partial charge is 0.344 e. The van der Waals surface area contributed by atoms with Gasteiger partial charge in [-0.15, -0.1) is 0 Å². The third-order valence-electron chi connectivity index (χ3n) is 5.01. The molecule has 0 aromatic heterocycles. The smallest absolute Gasteiger partial charge is 0.245 e. The van der Waals surface area contributed by atoms with Gasteiger partial charge in [0.25, 0.3) is 0 Å². The molecule has 3 rings (SSSR count). The molecule has 2 saturated heterocycles. The van der Waals surface area contributed by atoms with Gasteiger partial charge in [-0.05, 0) is 31.2 Å². The van der Waals surface area contributed by atoms with E-state index in [4.69, 9.17) is 0 Å². The minimum Gasteiger partial charge on any atom is -0.344 e. The zero-order valence-corrected chi connectivity index (χ0v) is 13.1. The topological polar surface area (TPSA) is 49.4 Å². The van der Waals surface area contributed by atoms with Crippen molar-refractivity contribution in [3.8, 4) is 0 Å². The molecule has 1 N–H and O–H groups in total. The molecule has 0 unspecified atom stereocenters. The standard InChI is InChI=1S/C18H24N2O2/c1-2-14(13-7-4-3-5-8-13)16-9-6-12-20(16)18(22)15-10-11-17(21)19-15/h3-5,7-8,14-16H,2,6,9-12H2,1H3,(H,19,21)/t14-,15+,16-/m1/s1. The molecule has 2 heterocycles. The van der Waals surface area contributed by atoms with Gasteiger partial charge in [0.1, 0.15) is 6.04 Å². The highest BCUT2D eigenvalue weighted by Crippen LogP contribution is 2.34. The third kappa shape index (κ3) is 2.87. The minimum atomic E-state index is -0.304. The molecule has 2 amide bonds. The van der Waals surface area contributed by atoms with Crippen LogP contribution in [0.1, 0.15) is 50.5 Å². The highest BCUT2D eigenvalue weighted by molar-refractivity contribution is 5.91. The van der Waals surface area contributed by atoms with Crippen LogP contribution >= 0.6 is 0 Å². The first-order valence-corrected chi connectivity index (χ1v) is 8.35. The van der Waals surface area contributed by atoms with Gasteiger partial charge < -0.3 is 10.2 Å². The van der Waals surface area contributed by atoms with Crippen LogP contribution in [0.3, 0.4) is 0 Å². The molecule has 118 valence electrons. The molecule has 0 bridgehead atoms. The maximum atomic E-state index is 12.8. The number of rotatable bonds is 4. The number of hydrogen-bond acceptors (Lipinski definition) is 2. The molecule has 1 aromatic carbocycles. The fourth-order valence-corrected chi connectivity index (χ4v) is 3.91. The lowest BCUT2D eigenvalue weighted by Crippen LogP contribution is -2.48. The monoisotopic (exact) mass is 300 g/mol. The molecule has 0 saturated carbocycles. The summed E-state index contributed by atoms with van der Waals surface area (Å²) in [5.74, 6) is 0.497. The second-order valence-electron chi connectivity index (χ2n) is 6.33. The van der Waals surface area contributed by atoms with Crippen molar-refractivity contribution >= 4 is 11.8 Å². The van der Waals surface area contributed by atoms with Crippen molar-refractivity contribution in [2.24, 2.45) is 0 Å². The molecular formula is C18H24N2O2. The molecular weight excluding hydrogens is 276 g/mol. The summed E-state index contributed by atoms with van der Waals surface area (Å²) in [6, 6.07) is 10.4. The van der Waals surface area contributed by atoms with Crippen LogP contribution in [0.2, 0.25) is 0 Å². The van der Waals surface area contributed by atoms with Gasteiger partial charge in [-0.3, -0.25) is 9.59 Å². The minimum absolute atomic E-state index is 0.00389. The molecule has 1 aromatic rings. The Labute approximate surface area is 131 Å². The summed E-state index contributed by atoms with van der Waals surface area (Å²) in [4.78, 5) is 26.2. The van der Waals surface area contributed by atoms with Crippen molar-refractivity contribution in [3.05, 3.63) is 35.9 Å². The first kappa shape index (κ1) is 15.1. The second-order valence-corrected chi connectivity index (χ2v) is 6.33. The first-order valence-electron chi connectivity index (χ1n) is 8.35. The van der Waals surface area contributed by atoms with Gasteiger partial charge >= 0.3 is 0 Å². The van der Waals surface area contributed by atoms with E-state index < -0.39 is 0 Å². The van der Waals surface area contributed by atoms with Crippen molar-refractivity contribution in [3.63, 3.8) is 0 Å². The van der Waals surface area contributed by atoms with Gasteiger partial charge in [0.05, 0.1) is 0 Å².